The lowest BCUT2D eigenvalue weighted by Crippen LogP contribution is -2.16. The molecule has 0 aromatic heterocycles. The van der Waals surface area contributed by atoms with E-state index in [4.69, 9.17) is 0 Å². The largest absolute Gasteiger partial charge is 0.384 e. The van der Waals surface area contributed by atoms with Crippen LogP contribution in [0.25, 0.3) is 0 Å². The lowest BCUT2D eigenvalue weighted by Gasteiger charge is -2.11. The predicted molar refractivity (Wildman–Crippen MR) is 86.7 cm³/mol. The average molecular weight is 280 g/mol. The van der Waals surface area contributed by atoms with Crippen molar-refractivity contribution >= 4 is 17.3 Å². The van der Waals surface area contributed by atoms with Gasteiger partial charge in [0.05, 0.1) is 0 Å². The molecule has 1 heterocycles. The average Bonchev–Trinajstić information content (AvgIpc) is 2.91. The third kappa shape index (κ3) is 3.07. The molecule has 1 aliphatic heterocycles. The molecule has 3 rings (SSSR count). The van der Waals surface area contributed by atoms with Gasteiger partial charge >= 0.3 is 0 Å². The summed E-state index contributed by atoms with van der Waals surface area (Å²) in [4.78, 5) is 12.2. The molecule has 0 aliphatic carbocycles. The van der Waals surface area contributed by atoms with Crippen molar-refractivity contribution in [3.8, 4) is 0 Å². The van der Waals surface area contributed by atoms with Crippen LogP contribution in [0.15, 0.2) is 48.5 Å². The van der Waals surface area contributed by atoms with E-state index in [0.717, 1.165) is 24.3 Å². The number of benzene rings is 2. The molecule has 108 valence electrons. The molecule has 0 saturated carbocycles. The summed E-state index contributed by atoms with van der Waals surface area (Å²) in [6.07, 6.45) is 1.53. The fourth-order valence-corrected chi connectivity index (χ4v) is 2.80. The lowest BCUT2D eigenvalue weighted by atomic mass is 9.97. The summed E-state index contributed by atoms with van der Waals surface area (Å²) < 4.78 is 0. The van der Waals surface area contributed by atoms with Crippen molar-refractivity contribution in [2.24, 2.45) is 0 Å². The van der Waals surface area contributed by atoms with Crippen LogP contribution in [-0.2, 0) is 11.2 Å². The van der Waals surface area contributed by atoms with Gasteiger partial charge in [0.15, 0.2) is 0 Å². The molecule has 2 N–H and O–H groups in total. The third-order valence-corrected chi connectivity index (χ3v) is 4.02. The highest BCUT2D eigenvalue weighted by Gasteiger charge is 2.23. The van der Waals surface area contributed by atoms with Crippen molar-refractivity contribution < 1.29 is 4.79 Å². The van der Waals surface area contributed by atoms with Gasteiger partial charge in [0.1, 0.15) is 0 Å². The van der Waals surface area contributed by atoms with Gasteiger partial charge < -0.3 is 10.6 Å². The van der Waals surface area contributed by atoms with Crippen LogP contribution in [0.3, 0.4) is 0 Å². The van der Waals surface area contributed by atoms with E-state index in [1.807, 2.05) is 24.3 Å². The molecule has 3 heteroatoms. The molecular weight excluding hydrogens is 260 g/mol. The molecule has 1 atom stereocenters. The maximum Gasteiger partial charge on any atom is 0.225 e. The van der Waals surface area contributed by atoms with Crippen LogP contribution in [0.1, 0.15) is 30.4 Å². The van der Waals surface area contributed by atoms with E-state index in [9.17, 15) is 4.79 Å². The van der Waals surface area contributed by atoms with Gasteiger partial charge in [0.25, 0.3) is 0 Å². The van der Waals surface area contributed by atoms with Gasteiger partial charge in [-0.2, -0.15) is 0 Å². The smallest absolute Gasteiger partial charge is 0.225 e. The first kappa shape index (κ1) is 13.7. The molecule has 0 radical (unpaired) electrons. The van der Waals surface area contributed by atoms with E-state index in [-0.39, 0.29) is 11.8 Å². The highest BCUT2D eigenvalue weighted by atomic mass is 16.1. The molecular formula is C18H20N2O. The van der Waals surface area contributed by atoms with Gasteiger partial charge in [-0.3, -0.25) is 4.79 Å². The summed E-state index contributed by atoms with van der Waals surface area (Å²) in [5.74, 6) is 0.332. The number of carbonyl (C=O) groups excluding carboxylic acids is 1. The monoisotopic (exact) mass is 280 g/mol. The number of anilines is 2. The van der Waals surface area contributed by atoms with Crippen LogP contribution < -0.4 is 10.6 Å². The Morgan fingerprint density at radius 1 is 1.19 bits per heavy atom. The Morgan fingerprint density at radius 2 is 1.95 bits per heavy atom. The maximum absolute atomic E-state index is 12.2. The zero-order valence-corrected chi connectivity index (χ0v) is 12.2. The minimum Gasteiger partial charge on any atom is -0.384 e. The van der Waals surface area contributed by atoms with E-state index in [1.54, 1.807) is 0 Å². The summed E-state index contributed by atoms with van der Waals surface area (Å²) in [6.45, 7) is 2.96. The van der Waals surface area contributed by atoms with Gasteiger partial charge in [-0.1, -0.05) is 37.3 Å². The fourth-order valence-electron chi connectivity index (χ4n) is 2.80. The van der Waals surface area contributed by atoms with Crippen molar-refractivity contribution in [3.05, 3.63) is 59.7 Å². The number of nitrogens with one attached hydrogen (secondary N) is 2. The molecule has 0 bridgehead atoms. The summed E-state index contributed by atoms with van der Waals surface area (Å²) in [6, 6.07) is 16.3. The van der Waals surface area contributed by atoms with Crippen LogP contribution in [-0.4, -0.2) is 12.5 Å². The minimum atomic E-state index is 0.0720. The number of para-hydroxylation sites is 1. The standard InChI is InChI=1S/C18H20N2O/c1-2-13-7-9-15(10-8-13)20-18(21)11-14-12-19-17-6-4-3-5-16(14)17/h3-10,14,19H,2,11-12H2,1H3,(H,20,21). The molecule has 1 unspecified atom stereocenters. The molecule has 0 saturated heterocycles. The highest BCUT2D eigenvalue weighted by Crippen LogP contribution is 2.33. The molecule has 0 fully saturated rings. The maximum atomic E-state index is 12.2. The van der Waals surface area contributed by atoms with Gasteiger partial charge in [-0.15, -0.1) is 0 Å². The predicted octanol–water partition coefficient (Wildman–Crippen LogP) is 3.79. The highest BCUT2D eigenvalue weighted by molar-refractivity contribution is 5.91. The SMILES string of the molecule is CCc1ccc(NC(=O)CC2CNc3ccccc32)cc1. The van der Waals surface area contributed by atoms with Gasteiger partial charge in [-0.05, 0) is 35.7 Å². The second-order valence-electron chi connectivity index (χ2n) is 5.47. The molecule has 21 heavy (non-hydrogen) atoms. The summed E-state index contributed by atoms with van der Waals surface area (Å²) in [5.41, 5.74) is 4.55. The van der Waals surface area contributed by atoms with Crippen molar-refractivity contribution in [1.29, 1.82) is 0 Å². The van der Waals surface area contributed by atoms with E-state index in [1.165, 1.54) is 11.1 Å². The zero-order valence-electron chi connectivity index (χ0n) is 12.2. The second kappa shape index (κ2) is 6.00. The zero-order chi connectivity index (χ0) is 14.7. The van der Waals surface area contributed by atoms with E-state index in [0.29, 0.717) is 6.42 Å². The number of amides is 1. The molecule has 2 aromatic rings. The number of fused-ring (bicyclic) bond motifs is 1. The minimum absolute atomic E-state index is 0.0720. The Kier molecular flexibility index (Phi) is 3.91. The van der Waals surface area contributed by atoms with E-state index < -0.39 is 0 Å². The van der Waals surface area contributed by atoms with Gasteiger partial charge in [-0.25, -0.2) is 0 Å². The van der Waals surface area contributed by atoms with Crippen molar-refractivity contribution in [2.45, 2.75) is 25.7 Å². The Morgan fingerprint density at radius 3 is 2.71 bits per heavy atom. The number of rotatable bonds is 4. The molecule has 3 nitrogen and oxygen atoms in total. The quantitative estimate of drug-likeness (QED) is 0.894. The Labute approximate surface area is 125 Å². The van der Waals surface area contributed by atoms with Crippen molar-refractivity contribution in [2.75, 3.05) is 17.2 Å². The van der Waals surface area contributed by atoms with Crippen LogP contribution >= 0.6 is 0 Å². The Balaban J connectivity index is 1.62. The number of hydrogen-bond acceptors (Lipinski definition) is 2. The number of hydrogen-bond donors (Lipinski definition) is 2. The fraction of sp³-hybridized carbons (Fsp3) is 0.278. The van der Waals surface area contributed by atoms with Gasteiger partial charge in [0.2, 0.25) is 5.91 Å². The van der Waals surface area contributed by atoms with Crippen LogP contribution in [0.2, 0.25) is 0 Å². The molecule has 0 spiro atoms. The van der Waals surface area contributed by atoms with Crippen molar-refractivity contribution in [1.82, 2.24) is 0 Å². The second-order valence-corrected chi connectivity index (χ2v) is 5.47. The van der Waals surface area contributed by atoms with Gasteiger partial charge in [0, 0.05) is 30.3 Å². The van der Waals surface area contributed by atoms with Crippen LogP contribution in [0.4, 0.5) is 11.4 Å². The molecule has 1 amide bonds. The molecule has 1 aliphatic rings. The first-order valence-electron chi connectivity index (χ1n) is 7.48. The van der Waals surface area contributed by atoms with E-state index in [2.05, 4.69) is 41.8 Å². The molecule has 2 aromatic carbocycles. The Bertz CT molecular complexity index is 634. The van der Waals surface area contributed by atoms with Crippen LogP contribution in [0, 0.1) is 0 Å². The first-order valence-corrected chi connectivity index (χ1v) is 7.48. The summed E-state index contributed by atoms with van der Waals surface area (Å²) in [7, 11) is 0. The topological polar surface area (TPSA) is 41.1 Å². The number of aryl methyl sites for hydroxylation is 1. The van der Waals surface area contributed by atoms with E-state index >= 15 is 0 Å². The third-order valence-electron chi connectivity index (χ3n) is 4.02. The summed E-state index contributed by atoms with van der Waals surface area (Å²) >= 11 is 0. The Hall–Kier alpha value is -2.29. The first-order chi connectivity index (χ1) is 10.3. The van der Waals surface area contributed by atoms with Crippen molar-refractivity contribution in [3.63, 3.8) is 0 Å². The summed E-state index contributed by atoms with van der Waals surface area (Å²) in [5, 5.41) is 6.34. The lowest BCUT2D eigenvalue weighted by molar-refractivity contribution is -0.116. The number of carbonyl (C=O) groups is 1. The van der Waals surface area contributed by atoms with Crippen LogP contribution in [0.5, 0.6) is 0 Å². The normalized spacial score (nSPS) is 16.1.